The lowest BCUT2D eigenvalue weighted by molar-refractivity contribution is -0.143. The summed E-state index contributed by atoms with van der Waals surface area (Å²) in [5, 5.41) is 6.66. The third kappa shape index (κ3) is 5.97. The molecule has 27 heavy (non-hydrogen) atoms. The quantitative estimate of drug-likeness (QED) is 0.373. The average Bonchev–Trinajstić information content (AvgIpc) is 3.24. The Labute approximate surface area is 176 Å². The van der Waals surface area contributed by atoms with E-state index in [1.54, 1.807) is 7.05 Å². The molecule has 4 nitrogen and oxygen atoms in total. The van der Waals surface area contributed by atoms with Gasteiger partial charge in [0, 0.05) is 38.1 Å². The number of nitrogens with one attached hydrogen (secondary N) is 2. The Bertz CT molecular complexity index is 659. The minimum absolute atomic E-state index is 0. The molecule has 1 saturated carbocycles. The van der Waals surface area contributed by atoms with Crippen LogP contribution in [0, 0.1) is 6.92 Å². The first-order chi connectivity index (χ1) is 12.3. The van der Waals surface area contributed by atoms with Crippen LogP contribution < -0.4 is 10.6 Å². The SMILES string of the molecule is CN=C(NCC1(c2ccccc2C)CC1)NC1CCN(CC(F)(F)F)C1.I. The Hall–Kier alpha value is -1.03. The van der Waals surface area contributed by atoms with Gasteiger partial charge >= 0.3 is 6.18 Å². The van der Waals surface area contributed by atoms with Crippen LogP contribution in [-0.2, 0) is 5.41 Å². The summed E-state index contributed by atoms with van der Waals surface area (Å²) in [7, 11) is 1.70. The normalized spacial score (nSPS) is 22.3. The fourth-order valence-electron chi connectivity index (χ4n) is 3.85. The Morgan fingerprint density at radius 2 is 2.00 bits per heavy atom. The van der Waals surface area contributed by atoms with E-state index in [1.165, 1.54) is 16.0 Å². The highest BCUT2D eigenvalue weighted by Gasteiger charge is 2.45. The lowest BCUT2D eigenvalue weighted by Crippen LogP contribution is -2.47. The van der Waals surface area contributed by atoms with Gasteiger partial charge in [-0.25, -0.2) is 0 Å². The molecule has 1 aliphatic heterocycles. The number of rotatable bonds is 5. The van der Waals surface area contributed by atoms with Gasteiger partial charge in [0.05, 0.1) is 6.54 Å². The molecule has 3 rings (SSSR count). The molecular weight excluding hydrogens is 468 g/mol. The van der Waals surface area contributed by atoms with Crippen molar-refractivity contribution in [2.45, 2.75) is 43.8 Å². The van der Waals surface area contributed by atoms with E-state index >= 15 is 0 Å². The summed E-state index contributed by atoms with van der Waals surface area (Å²) < 4.78 is 37.6. The van der Waals surface area contributed by atoms with Crippen LogP contribution in [0.2, 0.25) is 0 Å². The second-order valence-electron chi connectivity index (χ2n) is 7.50. The molecule has 0 radical (unpaired) electrons. The third-order valence-corrected chi connectivity index (χ3v) is 5.40. The van der Waals surface area contributed by atoms with Crippen molar-refractivity contribution in [2.24, 2.45) is 4.99 Å². The highest BCUT2D eigenvalue weighted by atomic mass is 127. The standard InChI is InChI=1S/C19H27F3N4.HI/c1-14-5-3-4-6-16(14)18(8-9-18)12-24-17(23-2)25-15-7-10-26(11-15)13-19(20,21)22;/h3-6,15H,7-13H2,1-2H3,(H2,23,24,25);1H. The zero-order valence-electron chi connectivity index (χ0n) is 15.8. The molecule has 1 aromatic rings. The summed E-state index contributed by atoms with van der Waals surface area (Å²) in [6.45, 7) is 2.94. The molecule has 0 spiro atoms. The zero-order valence-corrected chi connectivity index (χ0v) is 18.1. The molecule has 1 aromatic carbocycles. The molecule has 2 fully saturated rings. The minimum Gasteiger partial charge on any atom is -0.356 e. The smallest absolute Gasteiger partial charge is 0.356 e. The molecule has 0 aromatic heterocycles. The summed E-state index contributed by atoms with van der Waals surface area (Å²) in [6, 6.07) is 8.44. The molecule has 1 saturated heterocycles. The van der Waals surface area contributed by atoms with Gasteiger partial charge in [-0.15, -0.1) is 24.0 Å². The summed E-state index contributed by atoms with van der Waals surface area (Å²) in [5.41, 5.74) is 2.83. The fourth-order valence-corrected chi connectivity index (χ4v) is 3.85. The summed E-state index contributed by atoms with van der Waals surface area (Å²) in [4.78, 5) is 5.70. The molecule has 1 heterocycles. The molecule has 0 bridgehead atoms. The minimum atomic E-state index is -4.14. The zero-order chi connectivity index (χ0) is 18.8. The number of hydrogen-bond acceptors (Lipinski definition) is 2. The monoisotopic (exact) mass is 496 g/mol. The predicted molar refractivity (Wildman–Crippen MR) is 113 cm³/mol. The average molecular weight is 496 g/mol. The van der Waals surface area contributed by atoms with E-state index in [4.69, 9.17) is 0 Å². The number of nitrogens with zero attached hydrogens (tertiary/aromatic N) is 2. The second-order valence-corrected chi connectivity index (χ2v) is 7.50. The molecule has 0 amide bonds. The number of aliphatic imine (C=N–C) groups is 1. The number of likely N-dealkylation sites (tertiary alicyclic amines) is 1. The fraction of sp³-hybridized carbons (Fsp3) is 0.632. The molecule has 1 aliphatic carbocycles. The van der Waals surface area contributed by atoms with E-state index in [-0.39, 0.29) is 35.4 Å². The second kappa shape index (κ2) is 8.98. The lowest BCUT2D eigenvalue weighted by atomic mass is 9.92. The first-order valence-electron chi connectivity index (χ1n) is 9.14. The Kier molecular flexibility index (Phi) is 7.40. The summed E-state index contributed by atoms with van der Waals surface area (Å²) in [6.07, 6.45) is -1.16. The highest BCUT2D eigenvalue weighted by Crippen LogP contribution is 2.48. The molecule has 2 N–H and O–H groups in total. The van der Waals surface area contributed by atoms with Crippen molar-refractivity contribution < 1.29 is 13.2 Å². The largest absolute Gasteiger partial charge is 0.401 e. The van der Waals surface area contributed by atoms with Crippen LogP contribution in [0.4, 0.5) is 13.2 Å². The van der Waals surface area contributed by atoms with Gasteiger partial charge in [0.15, 0.2) is 5.96 Å². The van der Waals surface area contributed by atoms with Crippen LogP contribution in [0.1, 0.15) is 30.4 Å². The number of guanidine groups is 1. The van der Waals surface area contributed by atoms with Gasteiger partial charge < -0.3 is 10.6 Å². The van der Waals surface area contributed by atoms with Crippen LogP contribution in [-0.4, -0.2) is 56.3 Å². The van der Waals surface area contributed by atoms with E-state index in [1.807, 2.05) is 0 Å². The van der Waals surface area contributed by atoms with E-state index < -0.39 is 12.7 Å². The molecule has 8 heteroatoms. The van der Waals surface area contributed by atoms with Gasteiger partial charge in [0.25, 0.3) is 0 Å². The van der Waals surface area contributed by atoms with E-state index in [0.717, 1.165) is 19.4 Å². The Balaban J connectivity index is 0.00000261. The third-order valence-electron chi connectivity index (χ3n) is 5.40. The summed E-state index contributed by atoms with van der Waals surface area (Å²) in [5.74, 6) is 0.670. The van der Waals surface area contributed by atoms with Crippen molar-refractivity contribution in [3.8, 4) is 0 Å². The van der Waals surface area contributed by atoms with E-state index in [2.05, 4.69) is 46.8 Å². The molecule has 1 atom stereocenters. The molecular formula is C19H28F3IN4. The van der Waals surface area contributed by atoms with Gasteiger partial charge in [-0.2, -0.15) is 13.2 Å². The van der Waals surface area contributed by atoms with Gasteiger partial charge in [-0.3, -0.25) is 9.89 Å². The van der Waals surface area contributed by atoms with Crippen molar-refractivity contribution in [3.05, 3.63) is 35.4 Å². The van der Waals surface area contributed by atoms with Crippen LogP contribution in [0.15, 0.2) is 29.3 Å². The van der Waals surface area contributed by atoms with Gasteiger partial charge in [0.1, 0.15) is 0 Å². The number of hydrogen-bond donors (Lipinski definition) is 2. The van der Waals surface area contributed by atoms with Crippen molar-refractivity contribution in [1.82, 2.24) is 15.5 Å². The molecule has 152 valence electrons. The topological polar surface area (TPSA) is 39.7 Å². The van der Waals surface area contributed by atoms with Crippen molar-refractivity contribution in [1.29, 1.82) is 0 Å². The highest BCUT2D eigenvalue weighted by molar-refractivity contribution is 14.0. The predicted octanol–water partition coefficient (Wildman–Crippen LogP) is 3.45. The van der Waals surface area contributed by atoms with Crippen LogP contribution >= 0.6 is 24.0 Å². The maximum absolute atomic E-state index is 12.5. The Morgan fingerprint density at radius 1 is 1.30 bits per heavy atom. The maximum atomic E-state index is 12.5. The first-order valence-corrected chi connectivity index (χ1v) is 9.14. The van der Waals surface area contributed by atoms with Crippen LogP contribution in [0.3, 0.4) is 0 Å². The maximum Gasteiger partial charge on any atom is 0.401 e. The van der Waals surface area contributed by atoms with Crippen LogP contribution in [0.25, 0.3) is 0 Å². The van der Waals surface area contributed by atoms with Gasteiger partial charge in [-0.1, -0.05) is 24.3 Å². The lowest BCUT2D eigenvalue weighted by Gasteiger charge is -2.23. The van der Waals surface area contributed by atoms with E-state index in [0.29, 0.717) is 25.5 Å². The number of benzene rings is 1. The summed E-state index contributed by atoms with van der Waals surface area (Å²) >= 11 is 0. The number of halogens is 4. The van der Waals surface area contributed by atoms with Gasteiger partial charge in [-0.05, 0) is 37.3 Å². The van der Waals surface area contributed by atoms with Crippen molar-refractivity contribution in [2.75, 3.05) is 33.2 Å². The molecule has 1 unspecified atom stereocenters. The van der Waals surface area contributed by atoms with Crippen LogP contribution in [0.5, 0.6) is 0 Å². The van der Waals surface area contributed by atoms with Crippen molar-refractivity contribution in [3.63, 3.8) is 0 Å². The van der Waals surface area contributed by atoms with Crippen molar-refractivity contribution >= 4 is 29.9 Å². The van der Waals surface area contributed by atoms with Gasteiger partial charge in [0.2, 0.25) is 0 Å². The number of alkyl halides is 3. The molecule has 2 aliphatic rings. The number of aryl methyl sites for hydroxylation is 1. The van der Waals surface area contributed by atoms with E-state index in [9.17, 15) is 13.2 Å². The Morgan fingerprint density at radius 3 is 2.59 bits per heavy atom. The first kappa shape index (κ1) is 22.3.